The lowest BCUT2D eigenvalue weighted by molar-refractivity contribution is 0.0842. The number of halogens is 2. The molecule has 216 valence electrons. The van der Waals surface area contributed by atoms with Crippen molar-refractivity contribution in [1.29, 1.82) is 0 Å². The lowest BCUT2D eigenvalue weighted by atomic mass is 9.84. The maximum atomic E-state index is 14.8. The fourth-order valence-electron chi connectivity index (χ4n) is 4.89. The number of carbonyl (C=O) groups excluding carboxylic acids is 1. The Morgan fingerprint density at radius 2 is 1.77 bits per heavy atom. The molecule has 2 amide bonds. The highest BCUT2D eigenvalue weighted by Crippen LogP contribution is 2.39. The number of amides is 2. The molecule has 9 nitrogen and oxygen atoms in total. The van der Waals surface area contributed by atoms with Crippen molar-refractivity contribution in [3.05, 3.63) is 71.6 Å². The Kier molecular flexibility index (Phi) is 8.89. The molecule has 1 aliphatic rings. The van der Waals surface area contributed by atoms with Crippen molar-refractivity contribution < 1.29 is 22.0 Å². The van der Waals surface area contributed by atoms with Crippen LogP contribution in [-0.4, -0.2) is 76.7 Å². The summed E-state index contributed by atoms with van der Waals surface area (Å²) in [6.45, 7) is 6.99. The summed E-state index contributed by atoms with van der Waals surface area (Å²) < 4.78 is 54.7. The lowest BCUT2D eigenvalue weighted by Gasteiger charge is -2.42. The van der Waals surface area contributed by atoms with Gasteiger partial charge in [0.25, 0.3) is 0 Å². The summed E-state index contributed by atoms with van der Waals surface area (Å²) in [5.41, 5.74) is 6.09. The number of urea groups is 1. The number of rotatable bonds is 8. The third kappa shape index (κ3) is 6.84. The minimum atomic E-state index is -3.19. The highest BCUT2D eigenvalue weighted by Gasteiger charge is 2.41. The van der Waals surface area contributed by atoms with Crippen LogP contribution in [0.25, 0.3) is 11.4 Å². The Bertz CT molecular complexity index is 1430. The first kappa shape index (κ1) is 29.6. The topological polar surface area (TPSA) is 114 Å². The van der Waals surface area contributed by atoms with Gasteiger partial charge in [0.2, 0.25) is 0 Å². The van der Waals surface area contributed by atoms with Crippen LogP contribution in [0.15, 0.2) is 48.5 Å². The molecule has 2 N–H and O–H groups in total. The highest BCUT2D eigenvalue weighted by molar-refractivity contribution is 7.91. The zero-order chi connectivity index (χ0) is 29.1. The maximum absolute atomic E-state index is 14.8. The van der Waals surface area contributed by atoms with Crippen molar-refractivity contribution in [3.8, 4) is 11.4 Å². The van der Waals surface area contributed by atoms with Crippen LogP contribution in [0.5, 0.6) is 0 Å². The van der Waals surface area contributed by atoms with Gasteiger partial charge >= 0.3 is 6.03 Å². The smallest absolute Gasteiger partial charge is 0.320 e. The second-order valence-corrected chi connectivity index (χ2v) is 13.4. The van der Waals surface area contributed by atoms with Gasteiger partial charge in [-0.3, -0.25) is 0 Å². The molecule has 1 atom stereocenters. The van der Waals surface area contributed by atoms with Crippen molar-refractivity contribution in [2.75, 3.05) is 37.7 Å². The van der Waals surface area contributed by atoms with Gasteiger partial charge in [0.15, 0.2) is 21.5 Å². The summed E-state index contributed by atoms with van der Waals surface area (Å²) in [6.07, 6.45) is 0.503. The molecule has 0 spiro atoms. The van der Waals surface area contributed by atoms with Crippen LogP contribution in [-0.2, 0) is 16.4 Å². The second-order valence-electron chi connectivity index (χ2n) is 11.1. The van der Waals surface area contributed by atoms with Gasteiger partial charge in [0.05, 0.1) is 29.7 Å². The van der Waals surface area contributed by atoms with Crippen LogP contribution in [0.3, 0.4) is 0 Å². The molecular formula is C28H36F2N6O3S. The Hall–Kier alpha value is -3.38. The van der Waals surface area contributed by atoms with Crippen LogP contribution in [0.4, 0.5) is 13.6 Å². The largest absolute Gasteiger partial charge is 0.330 e. The molecule has 0 unspecified atom stereocenters. The maximum Gasteiger partial charge on any atom is 0.320 e. The number of benzene rings is 2. The molecular weight excluding hydrogens is 538 g/mol. The van der Waals surface area contributed by atoms with Crippen molar-refractivity contribution in [3.63, 3.8) is 0 Å². The molecule has 1 aromatic heterocycles. The fourth-order valence-corrected chi connectivity index (χ4v) is 6.09. The minimum Gasteiger partial charge on any atom is -0.330 e. The number of hydrogen-bond acceptors (Lipinski definition) is 6. The van der Waals surface area contributed by atoms with Gasteiger partial charge in [-0.15, -0.1) is 0 Å². The molecule has 0 saturated carbocycles. The number of aromatic nitrogens is 3. The molecule has 12 heteroatoms. The molecule has 0 aliphatic carbocycles. The molecule has 3 aromatic rings. The fraction of sp³-hybridized carbons (Fsp3) is 0.464. The predicted molar refractivity (Wildman–Crippen MR) is 149 cm³/mol. The van der Waals surface area contributed by atoms with Gasteiger partial charge in [0.1, 0.15) is 11.6 Å². The second kappa shape index (κ2) is 12.0. The molecule has 40 heavy (non-hydrogen) atoms. The van der Waals surface area contributed by atoms with E-state index in [1.54, 1.807) is 14.5 Å². The lowest BCUT2D eigenvalue weighted by Crippen LogP contribution is -2.53. The summed E-state index contributed by atoms with van der Waals surface area (Å²) in [4.78, 5) is 21.9. The standard InChI is InChI=1S/C28H36F2N6O3S/c1-28(2,3)24(35(13-7-12-31)27(37)34-14-16-40(38,39)17-15-34)26-32-25(22-18-21(29)10-11-23(22)30)33-36(26)19-20-8-5-4-6-9-20/h4-6,8-11,18,24H,7,12-17,19,31H2,1-3H3/t24-/m0/s1. The van der Waals surface area contributed by atoms with Gasteiger partial charge in [-0.1, -0.05) is 51.1 Å². The number of hydrogen-bond donors (Lipinski definition) is 1. The summed E-state index contributed by atoms with van der Waals surface area (Å²) in [5, 5.41) is 4.61. The van der Waals surface area contributed by atoms with E-state index in [2.05, 4.69) is 5.10 Å². The monoisotopic (exact) mass is 574 g/mol. The van der Waals surface area contributed by atoms with E-state index in [1.165, 1.54) is 0 Å². The van der Waals surface area contributed by atoms with Crippen LogP contribution in [0, 0.1) is 17.0 Å². The van der Waals surface area contributed by atoms with Gasteiger partial charge in [-0.05, 0) is 42.1 Å². The summed E-state index contributed by atoms with van der Waals surface area (Å²) in [5.74, 6) is -1.07. The normalized spacial score (nSPS) is 16.1. The quantitative estimate of drug-likeness (QED) is 0.437. The molecule has 0 radical (unpaired) electrons. The number of sulfone groups is 1. The number of nitrogens with two attached hydrogens (primary N) is 1. The van der Waals surface area contributed by atoms with Gasteiger partial charge in [-0.25, -0.2) is 31.7 Å². The zero-order valence-corrected chi connectivity index (χ0v) is 23.9. The third-order valence-corrected chi connectivity index (χ3v) is 8.49. The third-order valence-electron chi connectivity index (χ3n) is 6.89. The van der Waals surface area contributed by atoms with E-state index in [1.807, 2.05) is 51.1 Å². The zero-order valence-electron chi connectivity index (χ0n) is 23.1. The first-order valence-electron chi connectivity index (χ1n) is 13.3. The van der Waals surface area contributed by atoms with Crippen LogP contribution >= 0.6 is 0 Å². The van der Waals surface area contributed by atoms with Gasteiger partial charge in [0, 0.05) is 19.6 Å². The van der Waals surface area contributed by atoms with Crippen molar-refractivity contribution >= 4 is 15.9 Å². The first-order valence-corrected chi connectivity index (χ1v) is 15.1. The van der Waals surface area contributed by atoms with E-state index < -0.39 is 32.9 Å². The SMILES string of the molecule is CC(C)(C)[C@H](c1nc(-c2cc(F)ccc2F)nn1Cc1ccccc1)N(CCCN)C(=O)N1CCS(=O)(=O)CC1. The Labute approximate surface area is 233 Å². The average molecular weight is 575 g/mol. The van der Waals surface area contributed by atoms with E-state index in [-0.39, 0.29) is 48.6 Å². The summed E-state index contributed by atoms with van der Waals surface area (Å²) in [6, 6.07) is 11.7. The molecule has 2 heterocycles. The highest BCUT2D eigenvalue weighted by atomic mass is 32.2. The summed E-state index contributed by atoms with van der Waals surface area (Å²) in [7, 11) is -3.19. The first-order chi connectivity index (χ1) is 18.9. The predicted octanol–water partition coefficient (Wildman–Crippen LogP) is 3.86. The molecule has 0 bridgehead atoms. The van der Waals surface area contributed by atoms with Crippen molar-refractivity contribution in [1.82, 2.24) is 24.6 Å². The van der Waals surface area contributed by atoms with Crippen LogP contribution in [0.2, 0.25) is 0 Å². The Balaban J connectivity index is 1.84. The molecule has 1 fully saturated rings. The summed E-state index contributed by atoms with van der Waals surface area (Å²) >= 11 is 0. The van der Waals surface area contributed by atoms with E-state index in [9.17, 15) is 22.0 Å². The van der Waals surface area contributed by atoms with Crippen molar-refractivity contribution in [2.24, 2.45) is 11.1 Å². The minimum absolute atomic E-state index is 0.00692. The van der Waals surface area contributed by atoms with Crippen molar-refractivity contribution in [2.45, 2.75) is 39.8 Å². The van der Waals surface area contributed by atoms with Gasteiger partial charge in [-0.2, -0.15) is 5.10 Å². The molecule has 4 rings (SSSR count). The van der Waals surface area contributed by atoms with Crippen LogP contribution < -0.4 is 5.73 Å². The molecule has 1 aliphatic heterocycles. The van der Waals surface area contributed by atoms with Gasteiger partial charge < -0.3 is 15.5 Å². The van der Waals surface area contributed by atoms with E-state index in [0.29, 0.717) is 25.3 Å². The number of carbonyl (C=O) groups is 1. The molecule has 2 aromatic carbocycles. The molecule has 1 saturated heterocycles. The number of nitrogens with zero attached hydrogens (tertiary/aromatic N) is 5. The van der Waals surface area contributed by atoms with Crippen LogP contribution in [0.1, 0.15) is 44.6 Å². The average Bonchev–Trinajstić information content (AvgIpc) is 3.29. The van der Waals surface area contributed by atoms with E-state index in [4.69, 9.17) is 10.7 Å². The Morgan fingerprint density at radius 1 is 1.10 bits per heavy atom. The van der Waals surface area contributed by atoms with E-state index in [0.717, 1.165) is 23.8 Å². The van der Waals surface area contributed by atoms with E-state index >= 15 is 0 Å². The Morgan fingerprint density at radius 3 is 2.40 bits per heavy atom.